The maximum absolute atomic E-state index is 11.5. The Hall–Kier alpha value is -1.24. The third-order valence-corrected chi connectivity index (χ3v) is 3.92. The molecule has 7 heteroatoms. The number of primary amides is 1. The minimum absolute atomic E-state index is 0.0462. The standard InChI is InChI=1S/C13H24N2O4S/c1-2-10(3-4-13(18)19)5-7-15-12(17)6-8-20-9-11(14)16/h10H,2-9H2,1H3,(H2,14,16)(H,15,17)(H,18,19). The maximum Gasteiger partial charge on any atom is 0.303 e. The highest BCUT2D eigenvalue weighted by atomic mass is 32.2. The number of hydrogen-bond donors (Lipinski definition) is 3. The average Bonchev–Trinajstić information content (AvgIpc) is 2.38. The van der Waals surface area contributed by atoms with Gasteiger partial charge in [0, 0.05) is 25.1 Å². The molecule has 2 amide bonds. The summed E-state index contributed by atoms with van der Waals surface area (Å²) in [6.45, 7) is 2.59. The van der Waals surface area contributed by atoms with Crippen molar-refractivity contribution in [2.75, 3.05) is 18.1 Å². The molecule has 116 valence electrons. The van der Waals surface area contributed by atoms with E-state index in [2.05, 4.69) is 5.32 Å². The predicted octanol–water partition coefficient (Wildman–Crippen LogP) is 0.992. The van der Waals surface area contributed by atoms with Gasteiger partial charge in [0.1, 0.15) is 0 Å². The van der Waals surface area contributed by atoms with E-state index < -0.39 is 5.97 Å². The highest BCUT2D eigenvalue weighted by Gasteiger charge is 2.09. The second-order valence-corrected chi connectivity index (χ2v) is 5.72. The van der Waals surface area contributed by atoms with E-state index in [4.69, 9.17) is 10.8 Å². The first-order valence-electron chi connectivity index (χ1n) is 6.80. The van der Waals surface area contributed by atoms with E-state index in [9.17, 15) is 14.4 Å². The first-order valence-corrected chi connectivity index (χ1v) is 7.95. The molecule has 1 atom stereocenters. The molecule has 0 aliphatic heterocycles. The van der Waals surface area contributed by atoms with E-state index in [1.165, 1.54) is 11.8 Å². The number of amides is 2. The monoisotopic (exact) mass is 304 g/mol. The summed E-state index contributed by atoms with van der Waals surface area (Å²) < 4.78 is 0. The number of carbonyl (C=O) groups is 3. The van der Waals surface area contributed by atoms with Gasteiger partial charge >= 0.3 is 5.97 Å². The number of nitrogens with one attached hydrogen (secondary N) is 1. The summed E-state index contributed by atoms with van der Waals surface area (Å²) in [7, 11) is 0. The van der Waals surface area contributed by atoms with Crippen molar-refractivity contribution >= 4 is 29.5 Å². The highest BCUT2D eigenvalue weighted by molar-refractivity contribution is 7.99. The van der Waals surface area contributed by atoms with Crippen molar-refractivity contribution < 1.29 is 19.5 Å². The van der Waals surface area contributed by atoms with Gasteiger partial charge < -0.3 is 16.2 Å². The summed E-state index contributed by atoms with van der Waals surface area (Å²) >= 11 is 1.34. The van der Waals surface area contributed by atoms with Crippen LogP contribution in [0.5, 0.6) is 0 Å². The summed E-state index contributed by atoms with van der Waals surface area (Å²) in [5.74, 6) is -0.0602. The zero-order chi connectivity index (χ0) is 15.4. The fourth-order valence-electron chi connectivity index (χ4n) is 1.72. The molecule has 4 N–H and O–H groups in total. The number of carbonyl (C=O) groups excluding carboxylic acids is 2. The number of aliphatic carboxylic acids is 1. The molecule has 0 fully saturated rings. The number of carboxylic acids is 1. The topological polar surface area (TPSA) is 109 Å². The van der Waals surface area contributed by atoms with Gasteiger partial charge in [-0.1, -0.05) is 13.3 Å². The minimum atomic E-state index is -0.779. The zero-order valence-corrected chi connectivity index (χ0v) is 12.7. The molecule has 6 nitrogen and oxygen atoms in total. The minimum Gasteiger partial charge on any atom is -0.481 e. The summed E-state index contributed by atoms with van der Waals surface area (Å²) in [5.41, 5.74) is 4.99. The van der Waals surface area contributed by atoms with Gasteiger partial charge in [-0.2, -0.15) is 11.8 Å². The van der Waals surface area contributed by atoms with Crippen LogP contribution in [0.1, 0.15) is 39.0 Å². The molecule has 0 heterocycles. The molecule has 0 saturated carbocycles. The Bertz CT molecular complexity index is 323. The number of thioether (sulfide) groups is 1. The molecule has 0 aliphatic rings. The number of hydrogen-bond acceptors (Lipinski definition) is 4. The quantitative estimate of drug-likeness (QED) is 0.466. The number of rotatable bonds is 12. The second-order valence-electron chi connectivity index (χ2n) is 4.61. The van der Waals surface area contributed by atoms with Crippen LogP contribution in [-0.4, -0.2) is 40.9 Å². The largest absolute Gasteiger partial charge is 0.481 e. The van der Waals surface area contributed by atoms with Gasteiger partial charge in [0.05, 0.1) is 5.75 Å². The molecule has 0 aromatic carbocycles. The van der Waals surface area contributed by atoms with E-state index >= 15 is 0 Å². The lowest BCUT2D eigenvalue weighted by Crippen LogP contribution is -2.26. The predicted molar refractivity (Wildman–Crippen MR) is 79.4 cm³/mol. The first kappa shape index (κ1) is 18.8. The molecule has 0 aromatic rings. The molecule has 0 aliphatic carbocycles. The van der Waals surface area contributed by atoms with Gasteiger partial charge in [0.2, 0.25) is 11.8 Å². The Morgan fingerprint density at radius 3 is 2.50 bits per heavy atom. The van der Waals surface area contributed by atoms with E-state index in [0.29, 0.717) is 31.1 Å². The van der Waals surface area contributed by atoms with Crippen LogP contribution in [-0.2, 0) is 14.4 Å². The highest BCUT2D eigenvalue weighted by Crippen LogP contribution is 2.14. The van der Waals surface area contributed by atoms with Crippen molar-refractivity contribution in [3.8, 4) is 0 Å². The van der Waals surface area contributed by atoms with Gasteiger partial charge in [0.25, 0.3) is 0 Å². The lowest BCUT2D eigenvalue weighted by molar-refractivity contribution is -0.137. The molecular weight excluding hydrogens is 280 g/mol. The van der Waals surface area contributed by atoms with Crippen LogP contribution in [0.15, 0.2) is 0 Å². The lowest BCUT2D eigenvalue weighted by Gasteiger charge is -2.13. The Morgan fingerprint density at radius 1 is 1.25 bits per heavy atom. The van der Waals surface area contributed by atoms with Crippen molar-refractivity contribution in [1.29, 1.82) is 0 Å². The molecule has 0 saturated heterocycles. The molecule has 0 rings (SSSR count). The summed E-state index contributed by atoms with van der Waals surface area (Å²) in [4.78, 5) is 32.5. The van der Waals surface area contributed by atoms with Crippen LogP contribution in [0.4, 0.5) is 0 Å². The Morgan fingerprint density at radius 2 is 1.95 bits per heavy atom. The van der Waals surface area contributed by atoms with Crippen molar-refractivity contribution in [1.82, 2.24) is 5.32 Å². The normalized spacial score (nSPS) is 11.8. The molecule has 0 spiro atoms. The molecule has 1 unspecified atom stereocenters. The Balaban J connectivity index is 3.62. The van der Waals surface area contributed by atoms with Crippen molar-refractivity contribution in [3.05, 3.63) is 0 Å². The zero-order valence-electron chi connectivity index (χ0n) is 11.9. The second kappa shape index (κ2) is 11.6. The van der Waals surface area contributed by atoms with E-state index in [-0.39, 0.29) is 24.0 Å². The van der Waals surface area contributed by atoms with Gasteiger partial charge in [-0.15, -0.1) is 0 Å². The fraction of sp³-hybridized carbons (Fsp3) is 0.769. The van der Waals surface area contributed by atoms with Gasteiger partial charge in [-0.05, 0) is 18.8 Å². The molecular formula is C13H24N2O4S. The summed E-state index contributed by atoms with van der Waals surface area (Å²) in [6, 6.07) is 0. The average molecular weight is 304 g/mol. The summed E-state index contributed by atoms with van der Waals surface area (Å²) in [6.07, 6.45) is 2.90. The number of nitrogens with two attached hydrogens (primary N) is 1. The van der Waals surface area contributed by atoms with Crippen LogP contribution in [0.3, 0.4) is 0 Å². The van der Waals surface area contributed by atoms with Gasteiger partial charge in [-0.25, -0.2) is 0 Å². The smallest absolute Gasteiger partial charge is 0.303 e. The number of carboxylic acid groups (broad SMARTS) is 1. The fourth-order valence-corrected chi connectivity index (χ4v) is 2.40. The van der Waals surface area contributed by atoms with Gasteiger partial charge in [-0.3, -0.25) is 14.4 Å². The van der Waals surface area contributed by atoms with Gasteiger partial charge in [0.15, 0.2) is 0 Å². The lowest BCUT2D eigenvalue weighted by atomic mass is 9.97. The van der Waals surface area contributed by atoms with Crippen LogP contribution in [0, 0.1) is 5.92 Å². The third-order valence-electron chi connectivity index (χ3n) is 2.94. The van der Waals surface area contributed by atoms with E-state index in [1.54, 1.807) is 0 Å². The van der Waals surface area contributed by atoms with Crippen LogP contribution in [0.2, 0.25) is 0 Å². The first-order chi connectivity index (χ1) is 9.45. The molecule has 20 heavy (non-hydrogen) atoms. The Kier molecular flexibility index (Phi) is 10.9. The molecule has 0 bridgehead atoms. The van der Waals surface area contributed by atoms with Crippen molar-refractivity contribution in [2.24, 2.45) is 11.7 Å². The van der Waals surface area contributed by atoms with Crippen LogP contribution in [0.25, 0.3) is 0 Å². The maximum atomic E-state index is 11.5. The third kappa shape index (κ3) is 11.8. The Labute approximate surface area is 123 Å². The van der Waals surface area contributed by atoms with E-state index in [0.717, 1.165) is 12.8 Å². The SMILES string of the molecule is CCC(CCNC(=O)CCSCC(N)=O)CCC(=O)O. The molecule has 0 radical (unpaired) electrons. The molecule has 0 aromatic heterocycles. The van der Waals surface area contributed by atoms with Crippen molar-refractivity contribution in [3.63, 3.8) is 0 Å². The van der Waals surface area contributed by atoms with Crippen LogP contribution < -0.4 is 11.1 Å². The van der Waals surface area contributed by atoms with Crippen LogP contribution >= 0.6 is 11.8 Å². The van der Waals surface area contributed by atoms with Crippen molar-refractivity contribution in [2.45, 2.75) is 39.0 Å². The van der Waals surface area contributed by atoms with E-state index in [1.807, 2.05) is 6.92 Å². The summed E-state index contributed by atoms with van der Waals surface area (Å²) in [5, 5.41) is 11.4.